The fourth-order valence-electron chi connectivity index (χ4n) is 2.63. The number of hydrogen-bond donors (Lipinski definition) is 1. The molecule has 1 fully saturated rings. The number of hydrogen-bond acceptors (Lipinski definition) is 6. The fraction of sp³-hybridized carbons (Fsp3) is 0.375. The third-order valence-corrected chi connectivity index (χ3v) is 3.97. The number of aromatic nitrogens is 2. The van der Waals surface area contributed by atoms with Gasteiger partial charge in [0.2, 0.25) is 5.91 Å². The molecule has 1 aliphatic heterocycles. The summed E-state index contributed by atoms with van der Waals surface area (Å²) >= 11 is 0. The van der Waals surface area contributed by atoms with E-state index in [-0.39, 0.29) is 11.8 Å². The second-order valence-electron chi connectivity index (χ2n) is 5.60. The van der Waals surface area contributed by atoms with E-state index in [1.165, 1.54) is 12.5 Å². The number of anilines is 1. The molecule has 1 aliphatic rings. The second-order valence-corrected chi connectivity index (χ2v) is 5.60. The Hall–Kier alpha value is -2.90. The lowest BCUT2D eigenvalue weighted by atomic mass is 10.2. The van der Waals surface area contributed by atoms with Crippen LogP contribution in [-0.4, -0.2) is 59.1 Å². The topological polar surface area (TPSA) is 91.6 Å². The minimum atomic E-state index is -0.588. The van der Waals surface area contributed by atoms with Crippen LogP contribution in [0, 0.1) is 0 Å². The van der Waals surface area contributed by atoms with Crippen LogP contribution in [0.1, 0.15) is 17.3 Å². The van der Waals surface area contributed by atoms with Crippen molar-refractivity contribution in [2.45, 2.75) is 13.0 Å². The van der Waals surface area contributed by atoms with Crippen LogP contribution < -0.4 is 10.2 Å². The maximum atomic E-state index is 12.5. The fourth-order valence-corrected chi connectivity index (χ4v) is 2.63. The number of nitrogens with zero attached hydrogens (tertiary/aromatic N) is 4. The van der Waals surface area contributed by atoms with Gasteiger partial charge in [0.05, 0.1) is 11.8 Å². The maximum Gasteiger partial charge on any atom is 0.255 e. The highest BCUT2D eigenvalue weighted by atomic mass is 16.3. The van der Waals surface area contributed by atoms with Gasteiger partial charge in [0.15, 0.2) is 5.82 Å². The molecule has 0 aromatic carbocycles. The van der Waals surface area contributed by atoms with Crippen molar-refractivity contribution >= 4 is 17.6 Å². The van der Waals surface area contributed by atoms with Crippen molar-refractivity contribution in [3.05, 3.63) is 42.5 Å². The Labute approximate surface area is 139 Å². The van der Waals surface area contributed by atoms with Gasteiger partial charge in [0.1, 0.15) is 12.3 Å². The van der Waals surface area contributed by atoms with Crippen LogP contribution in [0.25, 0.3) is 0 Å². The molecular formula is C16H19N5O3. The van der Waals surface area contributed by atoms with Crippen molar-refractivity contribution in [1.82, 2.24) is 20.4 Å². The van der Waals surface area contributed by atoms with E-state index in [1.807, 2.05) is 12.1 Å². The summed E-state index contributed by atoms with van der Waals surface area (Å²) in [6, 6.07) is 4.72. The summed E-state index contributed by atoms with van der Waals surface area (Å²) in [5, 5.41) is 10.6. The molecule has 0 aliphatic carbocycles. The molecule has 0 radical (unpaired) electrons. The molecule has 2 aromatic heterocycles. The highest BCUT2D eigenvalue weighted by molar-refractivity contribution is 5.97. The normalized spacial score (nSPS) is 15.9. The van der Waals surface area contributed by atoms with Crippen molar-refractivity contribution in [1.29, 1.82) is 0 Å². The van der Waals surface area contributed by atoms with E-state index in [0.717, 1.165) is 5.82 Å². The number of nitrogens with one attached hydrogen (secondary N) is 1. The number of rotatable bonds is 4. The van der Waals surface area contributed by atoms with Crippen molar-refractivity contribution < 1.29 is 14.0 Å². The van der Waals surface area contributed by atoms with E-state index in [9.17, 15) is 9.59 Å². The van der Waals surface area contributed by atoms with Gasteiger partial charge in [0, 0.05) is 32.4 Å². The van der Waals surface area contributed by atoms with Gasteiger partial charge in [-0.3, -0.25) is 9.59 Å². The Balaban J connectivity index is 1.52. The first-order chi connectivity index (χ1) is 11.6. The van der Waals surface area contributed by atoms with E-state index in [1.54, 1.807) is 24.1 Å². The average molecular weight is 329 g/mol. The molecule has 0 bridgehead atoms. The monoisotopic (exact) mass is 329 g/mol. The summed E-state index contributed by atoms with van der Waals surface area (Å²) in [4.78, 5) is 28.3. The van der Waals surface area contributed by atoms with Crippen molar-refractivity contribution in [3.63, 3.8) is 0 Å². The largest absolute Gasteiger partial charge is 0.472 e. The molecule has 8 heteroatoms. The quantitative estimate of drug-likeness (QED) is 0.880. The van der Waals surface area contributed by atoms with E-state index in [0.29, 0.717) is 31.7 Å². The molecule has 3 heterocycles. The van der Waals surface area contributed by atoms with Crippen LogP contribution >= 0.6 is 0 Å². The second kappa shape index (κ2) is 7.12. The Bertz CT molecular complexity index is 681. The summed E-state index contributed by atoms with van der Waals surface area (Å²) in [5.41, 5.74) is 0.405. The molecule has 2 amide bonds. The number of carbonyl (C=O) groups excluding carboxylic acids is 2. The minimum absolute atomic E-state index is 0.0920. The highest BCUT2D eigenvalue weighted by Gasteiger charge is 2.26. The summed E-state index contributed by atoms with van der Waals surface area (Å²) in [6.07, 6.45) is 4.41. The van der Waals surface area contributed by atoms with Crippen LogP contribution in [0.4, 0.5) is 5.82 Å². The van der Waals surface area contributed by atoms with Crippen LogP contribution in [0.3, 0.4) is 0 Å². The third-order valence-electron chi connectivity index (χ3n) is 3.97. The van der Waals surface area contributed by atoms with Crippen LogP contribution in [0.2, 0.25) is 0 Å². The number of furan rings is 1. The van der Waals surface area contributed by atoms with Crippen molar-refractivity contribution in [3.8, 4) is 0 Å². The molecular weight excluding hydrogens is 310 g/mol. The predicted molar refractivity (Wildman–Crippen MR) is 86.5 cm³/mol. The van der Waals surface area contributed by atoms with E-state index < -0.39 is 6.04 Å². The Kier molecular flexibility index (Phi) is 4.74. The lowest BCUT2D eigenvalue weighted by molar-refractivity contribution is -0.133. The molecule has 3 rings (SSSR count). The van der Waals surface area contributed by atoms with Crippen molar-refractivity contribution in [2.24, 2.45) is 0 Å². The molecule has 24 heavy (non-hydrogen) atoms. The number of carbonyl (C=O) groups is 2. The molecule has 1 atom stereocenters. The zero-order valence-electron chi connectivity index (χ0n) is 13.4. The summed E-state index contributed by atoms with van der Waals surface area (Å²) in [7, 11) is 0. The van der Waals surface area contributed by atoms with E-state index >= 15 is 0 Å². The lowest BCUT2D eigenvalue weighted by Gasteiger charge is -2.36. The number of amides is 2. The summed E-state index contributed by atoms with van der Waals surface area (Å²) in [5.74, 6) is 0.402. The smallest absolute Gasteiger partial charge is 0.255 e. The third kappa shape index (κ3) is 3.53. The van der Waals surface area contributed by atoms with Crippen molar-refractivity contribution in [2.75, 3.05) is 31.1 Å². The number of piperazine rings is 1. The van der Waals surface area contributed by atoms with E-state index in [2.05, 4.69) is 20.4 Å². The Morgan fingerprint density at radius 1 is 1.25 bits per heavy atom. The van der Waals surface area contributed by atoms with Crippen LogP contribution in [0.5, 0.6) is 0 Å². The predicted octanol–water partition coefficient (Wildman–Crippen LogP) is 0.537. The van der Waals surface area contributed by atoms with Gasteiger partial charge >= 0.3 is 0 Å². The Morgan fingerprint density at radius 2 is 2.04 bits per heavy atom. The van der Waals surface area contributed by atoms with Gasteiger partial charge in [-0.05, 0) is 25.1 Å². The van der Waals surface area contributed by atoms with Gasteiger partial charge in [-0.25, -0.2) is 0 Å². The zero-order valence-corrected chi connectivity index (χ0v) is 13.4. The molecule has 1 saturated heterocycles. The molecule has 1 N–H and O–H groups in total. The maximum absolute atomic E-state index is 12.5. The Morgan fingerprint density at radius 3 is 2.67 bits per heavy atom. The summed E-state index contributed by atoms with van der Waals surface area (Å²) < 4.78 is 4.88. The van der Waals surface area contributed by atoms with Crippen LogP contribution in [0.15, 0.2) is 41.3 Å². The molecule has 0 spiro atoms. The molecule has 8 nitrogen and oxygen atoms in total. The first-order valence-electron chi connectivity index (χ1n) is 7.79. The van der Waals surface area contributed by atoms with Gasteiger partial charge in [-0.1, -0.05) is 0 Å². The van der Waals surface area contributed by atoms with Gasteiger partial charge in [0.25, 0.3) is 5.91 Å². The van der Waals surface area contributed by atoms with Crippen LogP contribution in [-0.2, 0) is 4.79 Å². The minimum Gasteiger partial charge on any atom is -0.472 e. The standard InChI is InChI=1S/C16H19N5O3/c1-12(18-15(22)13-4-10-24-11-13)16(23)21-8-6-20(7-9-21)14-3-2-5-17-19-14/h2-5,10-12H,6-9H2,1H3,(H,18,22). The highest BCUT2D eigenvalue weighted by Crippen LogP contribution is 2.12. The lowest BCUT2D eigenvalue weighted by Crippen LogP contribution is -2.54. The molecule has 1 unspecified atom stereocenters. The zero-order chi connectivity index (χ0) is 16.9. The molecule has 2 aromatic rings. The SMILES string of the molecule is CC(NC(=O)c1ccoc1)C(=O)N1CCN(c2cccnn2)CC1. The van der Waals surface area contributed by atoms with Gasteiger partial charge in [-0.15, -0.1) is 5.10 Å². The summed E-state index contributed by atoms with van der Waals surface area (Å²) in [6.45, 7) is 4.23. The first-order valence-corrected chi connectivity index (χ1v) is 7.79. The van der Waals surface area contributed by atoms with E-state index in [4.69, 9.17) is 4.42 Å². The molecule has 126 valence electrons. The van der Waals surface area contributed by atoms with Gasteiger partial charge < -0.3 is 19.5 Å². The average Bonchev–Trinajstić information content (AvgIpc) is 3.17. The first kappa shape index (κ1) is 16.0. The molecule has 0 saturated carbocycles. The van der Waals surface area contributed by atoms with Gasteiger partial charge in [-0.2, -0.15) is 5.10 Å².